The van der Waals surface area contributed by atoms with Crippen LogP contribution in [-0.4, -0.2) is 41.3 Å². The first-order valence-corrected chi connectivity index (χ1v) is 7.37. The summed E-state index contributed by atoms with van der Waals surface area (Å²) in [6, 6.07) is 3.65. The highest BCUT2D eigenvalue weighted by molar-refractivity contribution is 6.34. The van der Waals surface area contributed by atoms with Crippen LogP contribution in [0.4, 0.5) is 5.69 Å². The van der Waals surface area contributed by atoms with Gasteiger partial charge in [0.2, 0.25) is 5.91 Å². The zero-order valence-corrected chi connectivity index (χ0v) is 12.6. The fourth-order valence-electron chi connectivity index (χ4n) is 2.30. The Morgan fingerprint density at radius 1 is 1.32 bits per heavy atom. The van der Waals surface area contributed by atoms with Gasteiger partial charge in [0, 0.05) is 38.2 Å². The van der Waals surface area contributed by atoms with Crippen molar-refractivity contribution >= 4 is 29.1 Å². The normalized spacial score (nSPS) is 14.0. The molecule has 0 radical (unpaired) electrons. The highest BCUT2D eigenvalue weighted by Crippen LogP contribution is 2.22. The van der Waals surface area contributed by atoms with Crippen molar-refractivity contribution in [2.75, 3.05) is 19.6 Å². The number of carbonyl (C=O) groups excluding carboxylic acids is 2. The summed E-state index contributed by atoms with van der Waals surface area (Å²) in [4.78, 5) is 35.6. The lowest BCUT2D eigenvalue weighted by Gasteiger charge is -2.15. The van der Waals surface area contributed by atoms with Crippen LogP contribution in [-0.2, 0) is 4.79 Å². The lowest BCUT2D eigenvalue weighted by Crippen LogP contribution is -2.32. The molecule has 7 nitrogen and oxygen atoms in total. The van der Waals surface area contributed by atoms with Gasteiger partial charge in [-0.15, -0.1) is 0 Å². The average Bonchev–Trinajstić information content (AvgIpc) is 3.01. The predicted molar refractivity (Wildman–Crippen MR) is 80.9 cm³/mol. The Morgan fingerprint density at radius 2 is 2.00 bits per heavy atom. The molecule has 0 atom stereocenters. The SMILES string of the molecule is O=C(NCCC(=O)N1CCCC1)c1ccc([N+](=O)[O-])cc1Cl. The molecule has 1 aromatic rings. The number of nitrogens with zero attached hydrogens (tertiary/aromatic N) is 2. The monoisotopic (exact) mass is 325 g/mol. The fraction of sp³-hybridized carbons (Fsp3) is 0.429. The van der Waals surface area contributed by atoms with Crippen LogP contribution in [0.25, 0.3) is 0 Å². The van der Waals surface area contributed by atoms with E-state index in [2.05, 4.69) is 5.32 Å². The number of hydrogen-bond acceptors (Lipinski definition) is 4. The Balaban J connectivity index is 1.87. The molecule has 118 valence electrons. The van der Waals surface area contributed by atoms with E-state index in [9.17, 15) is 19.7 Å². The molecule has 2 rings (SSSR count). The molecule has 0 spiro atoms. The summed E-state index contributed by atoms with van der Waals surface area (Å²) in [5.41, 5.74) is -0.0216. The van der Waals surface area contributed by atoms with Crippen LogP contribution >= 0.6 is 11.6 Å². The molecule has 1 heterocycles. The molecule has 0 aromatic heterocycles. The lowest BCUT2D eigenvalue weighted by molar-refractivity contribution is -0.384. The van der Waals surface area contributed by atoms with E-state index in [1.165, 1.54) is 12.1 Å². The van der Waals surface area contributed by atoms with E-state index >= 15 is 0 Å². The summed E-state index contributed by atoms with van der Waals surface area (Å²) in [5, 5.41) is 13.2. The summed E-state index contributed by atoms with van der Waals surface area (Å²) in [7, 11) is 0. The molecule has 22 heavy (non-hydrogen) atoms. The number of hydrogen-bond donors (Lipinski definition) is 1. The number of amides is 2. The summed E-state index contributed by atoms with van der Waals surface area (Å²) in [6.45, 7) is 1.77. The van der Waals surface area contributed by atoms with Crippen molar-refractivity contribution in [2.45, 2.75) is 19.3 Å². The number of nitro benzene ring substituents is 1. The topological polar surface area (TPSA) is 92.6 Å². The number of carbonyl (C=O) groups is 2. The van der Waals surface area contributed by atoms with Gasteiger partial charge in [-0.1, -0.05) is 11.6 Å². The molecular formula is C14H16ClN3O4. The number of benzene rings is 1. The van der Waals surface area contributed by atoms with Crippen molar-refractivity contribution in [3.63, 3.8) is 0 Å². The van der Waals surface area contributed by atoms with Gasteiger partial charge < -0.3 is 10.2 Å². The third-order valence-corrected chi connectivity index (χ3v) is 3.80. The molecule has 1 aliphatic heterocycles. The minimum Gasteiger partial charge on any atom is -0.351 e. The van der Waals surface area contributed by atoms with Gasteiger partial charge in [0.15, 0.2) is 0 Å². The van der Waals surface area contributed by atoms with Crippen LogP contribution < -0.4 is 5.32 Å². The first-order valence-electron chi connectivity index (χ1n) is 6.99. The van der Waals surface area contributed by atoms with E-state index in [0.717, 1.165) is 32.0 Å². The molecule has 2 amide bonds. The van der Waals surface area contributed by atoms with Crippen molar-refractivity contribution in [1.29, 1.82) is 0 Å². The van der Waals surface area contributed by atoms with Gasteiger partial charge in [-0.3, -0.25) is 19.7 Å². The summed E-state index contributed by atoms with van der Waals surface area (Å²) in [6.07, 6.45) is 2.28. The van der Waals surface area contributed by atoms with Crippen LogP contribution in [0.1, 0.15) is 29.6 Å². The highest BCUT2D eigenvalue weighted by atomic mass is 35.5. The number of non-ortho nitro benzene ring substituents is 1. The van der Waals surface area contributed by atoms with Crippen molar-refractivity contribution < 1.29 is 14.5 Å². The zero-order chi connectivity index (χ0) is 16.1. The van der Waals surface area contributed by atoms with E-state index in [1.54, 1.807) is 4.90 Å². The largest absolute Gasteiger partial charge is 0.351 e. The second-order valence-corrected chi connectivity index (χ2v) is 5.42. The quantitative estimate of drug-likeness (QED) is 0.662. The van der Waals surface area contributed by atoms with Gasteiger partial charge >= 0.3 is 0 Å². The first-order chi connectivity index (χ1) is 10.5. The van der Waals surface area contributed by atoms with E-state index in [0.29, 0.717) is 0 Å². The molecule has 1 N–H and O–H groups in total. The maximum absolute atomic E-state index is 12.0. The second kappa shape index (κ2) is 7.22. The zero-order valence-electron chi connectivity index (χ0n) is 11.9. The molecule has 0 unspecified atom stereocenters. The Bertz CT molecular complexity index is 600. The van der Waals surface area contributed by atoms with Crippen molar-refractivity contribution in [1.82, 2.24) is 10.2 Å². The predicted octanol–water partition coefficient (Wildman–Crippen LogP) is 1.99. The Labute approximate surface area is 132 Å². The average molecular weight is 326 g/mol. The highest BCUT2D eigenvalue weighted by Gasteiger charge is 2.18. The fourth-order valence-corrected chi connectivity index (χ4v) is 2.57. The third-order valence-electron chi connectivity index (χ3n) is 3.49. The second-order valence-electron chi connectivity index (χ2n) is 5.02. The minimum absolute atomic E-state index is 0.0116. The van der Waals surface area contributed by atoms with Crippen LogP contribution in [0.2, 0.25) is 5.02 Å². The number of halogens is 1. The summed E-state index contributed by atoms with van der Waals surface area (Å²) < 4.78 is 0. The van der Waals surface area contributed by atoms with Gasteiger partial charge in [0.1, 0.15) is 0 Å². The van der Waals surface area contributed by atoms with Crippen molar-refractivity contribution in [2.24, 2.45) is 0 Å². The number of nitro groups is 1. The molecule has 0 aliphatic carbocycles. The van der Waals surface area contributed by atoms with E-state index in [1.807, 2.05) is 0 Å². The van der Waals surface area contributed by atoms with Gasteiger partial charge in [0.05, 0.1) is 15.5 Å². The molecule has 0 saturated carbocycles. The number of nitrogens with one attached hydrogen (secondary N) is 1. The maximum atomic E-state index is 12.0. The Hall–Kier alpha value is -2.15. The molecule has 1 aliphatic rings. The first kappa shape index (κ1) is 16.2. The van der Waals surface area contributed by atoms with Gasteiger partial charge in [-0.05, 0) is 18.9 Å². The lowest BCUT2D eigenvalue weighted by atomic mass is 10.2. The summed E-state index contributed by atoms with van der Waals surface area (Å²) in [5.74, 6) is -0.429. The van der Waals surface area contributed by atoms with Gasteiger partial charge in [-0.25, -0.2) is 0 Å². The third kappa shape index (κ3) is 3.94. The minimum atomic E-state index is -0.581. The molecular weight excluding hydrogens is 310 g/mol. The Kier molecular flexibility index (Phi) is 5.32. The molecule has 1 saturated heterocycles. The number of rotatable bonds is 5. The molecule has 1 fully saturated rings. The summed E-state index contributed by atoms with van der Waals surface area (Å²) >= 11 is 5.87. The van der Waals surface area contributed by atoms with E-state index in [4.69, 9.17) is 11.6 Å². The molecule has 8 heteroatoms. The van der Waals surface area contributed by atoms with Gasteiger partial charge in [-0.2, -0.15) is 0 Å². The Morgan fingerprint density at radius 3 is 2.59 bits per heavy atom. The van der Waals surface area contributed by atoms with E-state index < -0.39 is 10.8 Å². The van der Waals surface area contributed by atoms with Gasteiger partial charge in [0.25, 0.3) is 11.6 Å². The maximum Gasteiger partial charge on any atom is 0.270 e. The number of likely N-dealkylation sites (tertiary alicyclic amines) is 1. The van der Waals surface area contributed by atoms with Crippen LogP contribution in [0.5, 0.6) is 0 Å². The van der Waals surface area contributed by atoms with Crippen LogP contribution in [0.3, 0.4) is 0 Å². The standard InChI is InChI=1S/C14H16ClN3O4/c15-12-9-10(18(21)22)3-4-11(12)14(20)16-6-5-13(19)17-7-1-2-8-17/h3-4,9H,1-2,5-8H2,(H,16,20). The smallest absolute Gasteiger partial charge is 0.270 e. The van der Waals surface area contributed by atoms with Crippen LogP contribution in [0, 0.1) is 10.1 Å². The van der Waals surface area contributed by atoms with Crippen molar-refractivity contribution in [3.05, 3.63) is 38.9 Å². The van der Waals surface area contributed by atoms with Crippen molar-refractivity contribution in [3.8, 4) is 0 Å². The van der Waals surface area contributed by atoms with Crippen LogP contribution in [0.15, 0.2) is 18.2 Å². The molecule has 1 aromatic carbocycles. The molecule has 0 bridgehead atoms. The van der Waals surface area contributed by atoms with E-state index in [-0.39, 0.29) is 35.1 Å².